The molecule has 1 aromatic rings. The number of halogens is 1. The quantitative estimate of drug-likeness (QED) is 0.550. The maximum atomic E-state index is 11.5. The molecule has 0 saturated carbocycles. The van der Waals surface area contributed by atoms with Crippen molar-refractivity contribution in [1.29, 1.82) is 0 Å². The first-order valence-corrected chi connectivity index (χ1v) is 14.0. The first-order chi connectivity index (χ1) is 8.58. The van der Waals surface area contributed by atoms with E-state index < -0.39 is 19.8 Å². The third kappa shape index (κ3) is 2.52. The van der Waals surface area contributed by atoms with Gasteiger partial charge in [-0.2, -0.15) is 0 Å². The van der Waals surface area contributed by atoms with Crippen molar-refractivity contribution in [1.82, 2.24) is 0 Å². The number of benzene rings is 1. The molecule has 0 amide bonds. The Hall–Kier alpha value is -0.291. The van der Waals surface area contributed by atoms with E-state index in [-0.39, 0.29) is 5.92 Å². The second-order valence-electron chi connectivity index (χ2n) is 4.61. The van der Waals surface area contributed by atoms with Crippen molar-refractivity contribution in [2.45, 2.75) is 29.1 Å². The zero-order valence-corrected chi connectivity index (χ0v) is 15.2. The monoisotopic (exact) mass is 415 g/mol. The number of aldehydes is 1. The van der Waals surface area contributed by atoms with Crippen LogP contribution in [0.2, 0.25) is 9.88 Å². The molecule has 2 nitrogen and oxygen atoms in total. The Labute approximate surface area is 123 Å². The first-order valence-electron chi connectivity index (χ1n) is 6.04. The molecule has 2 rings (SSSR count). The van der Waals surface area contributed by atoms with Crippen LogP contribution in [0.3, 0.4) is 0 Å². The summed E-state index contributed by atoms with van der Waals surface area (Å²) in [5, 5.41) is 0. The van der Waals surface area contributed by atoms with E-state index in [2.05, 4.69) is 32.7 Å². The molecule has 0 spiro atoms. The Kier molecular flexibility index (Phi) is 4.54. The average molecular weight is 415 g/mol. The van der Waals surface area contributed by atoms with Crippen molar-refractivity contribution in [2.75, 3.05) is 0 Å². The topological polar surface area (TPSA) is 26.3 Å². The first kappa shape index (κ1) is 14.1. The van der Waals surface area contributed by atoms with E-state index in [1.165, 1.54) is 5.57 Å². The van der Waals surface area contributed by atoms with Crippen LogP contribution in [0.25, 0.3) is 0 Å². The Balaban J connectivity index is 2.58. The van der Waals surface area contributed by atoms with Gasteiger partial charge in [0.2, 0.25) is 0 Å². The van der Waals surface area contributed by atoms with Gasteiger partial charge in [0.05, 0.1) is 0 Å². The van der Waals surface area contributed by atoms with Gasteiger partial charge >= 0.3 is 124 Å². The van der Waals surface area contributed by atoms with E-state index in [4.69, 9.17) is 4.74 Å². The number of ether oxygens (including phenoxy) is 1. The van der Waals surface area contributed by atoms with Gasteiger partial charge in [0.15, 0.2) is 0 Å². The zero-order valence-electron chi connectivity index (χ0n) is 10.8. The molecule has 1 aromatic carbocycles. The van der Waals surface area contributed by atoms with Crippen LogP contribution >= 0.6 is 15.9 Å². The fourth-order valence-corrected chi connectivity index (χ4v) is 6.38. The van der Waals surface area contributed by atoms with Gasteiger partial charge in [0.1, 0.15) is 0 Å². The predicted octanol–water partition coefficient (Wildman–Crippen LogP) is 4.08. The molecular formula is C14H16BrO2Sn. The third-order valence-electron chi connectivity index (χ3n) is 3.16. The molecular weight excluding hydrogens is 399 g/mol. The minimum atomic E-state index is -1.63. The molecule has 1 aliphatic heterocycles. The van der Waals surface area contributed by atoms with Crippen LogP contribution < -0.4 is 4.74 Å². The van der Waals surface area contributed by atoms with Gasteiger partial charge in [-0.25, -0.2) is 0 Å². The number of rotatable bonds is 3. The predicted molar refractivity (Wildman–Crippen MR) is 78.4 cm³/mol. The second-order valence-corrected chi connectivity index (χ2v) is 12.5. The number of fused-ring (bicyclic) bond motifs is 1. The molecule has 0 fully saturated rings. The minimum absolute atomic E-state index is 0.123. The molecule has 0 aliphatic carbocycles. The van der Waals surface area contributed by atoms with Crippen LogP contribution in [-0.2, 0) is 4.79 Å². The molecule has 1 heterocycles. The summed E-state index contributed by atoms with van der Waals surface area (Å²) < 4.78 is 8.20. The molecule has 18 heavy (non-hydrogen) atoms. The molecule has 1 atom stereocenters. The number of hydrogen-bond donors (Lipinski definition) is 0. The van der Waals surface area contributed by atoms with Gasteiger partial charge in [-0.15, -0.1) is 0 Å². The summed E-state index contributed by atoms with van der Waals surface area (Å²) in [6.45, 7) is 2.10. The summed E-state index contributed by atoms with van der Waals surface area (Å²) in [5.41, 5.74) is 2.18. The molecule has 0 N–H and O–H groups in total. The molecule has 0 aromatic heterocycles. The van der Waals surface area contributed by atoms with Crippen molar-refractivity contribution in [3.8, 4) is 5.75 Å². The van der Waals surface area contributed by atoms with Gasteiger partial charge in [-0.05, 0) is 0 Å². The Morgan fingerprint density at radius 1 is 1.44 bits per heavy atom. The molecule has 1 aliphatic rings. The average Bonchev–Trinajstić information content (AvgIpc) is 2.36. The summed E-state index contributed by atoms with van der Waals surface area (Å²) in [5.74, 6) is 0.728. The Bertz CT molecular complexity index is 509. The van der Waals surface area contributed by atoms with Gasteiger partial charge in [0, 0.05) is 0 Å². The zero-order chi connectivity index (χ0) is 13.3. The van der Waals surface area contributed by atoms with Gasteiger partial charge in [-0.1, -0.05) is 0 Å². The fourth-order valence-electron chi connectivity index (χ4n) is 2.32. The summed E-state index contributed by atoms with van der Waals surface area (Å²) in [6, 6.07) is 5.91. The van der Waals surface area contributed by atoms with Crippen molar-refractivity contribution in [3.05, 3.63) is 37.6 Å². The number of carbonyl (C=O) groups excluding carboxylic acids is 1. The Morgan fingerprint density at radius 2 is 2.17 bits per heavy atom. The number of allylic oxidation sites excluding steroid dienone is 1. The second kappa shape index (κ2) is 5.78. The van der Waals surface area contributed by atoms with Crippen LogP contribution in [0.1, 0.15) is 24.8 Å². The summed E-state index contributed by atoms with van der Waals surface area (Å²) in [6.07, 6.45) is 1.94. The van der Waals surface area contributed by atoms with E-state index in [0.717, 1.165) is 32.3 Å². The van der Waals surface area contributed by atoms with Crippen LogP contribution in [0.15, 0.2) is 32.0 Å². The van der Waals surface area contributed by atoms with E-state index in [9.17, 15) is 4.79 Å². The third-order valence-corrected chi connectivity index (χ3v) is 7.45. The summed E-state index contributed by atoms with van der Waals surface area (Å²) in [7, 11) is 0. The molecule has 0 bridgehead atoms. The molecule has 95 valence electrons. The summed E-state index contributed by atoms with van der Waals surface area (Å²) in [4.78, 5) is 16.1. The molecule has 0 saturated heterocycles. The van der Waals surface area contributed by atoms with Gasteiger partial charge in [0.25, 0.3) is 0 Å². The van der Waals surface area contributed by atoms with Crippen LogP contribution in [0.4, 0.5) is 0 Å². The van der Waals surface area contributed by atoms with E-state index in [0.29, 0.717) is 0 Å². The molecule has 1 radical (unpaired) electrons. The molecule has 1 unspecified atom stereocenters. The van der Waals surface area contributed by atoms with Crippen LogP contribution in [0.5, 0.6) is 5.75 Å². The van der Waals surface area contributed by atoms with Crippen molar-refractivity contribution in [2.24, 2.45) is 0 Å². The molecule has 4 heteroatoms. The van der Waals surface area contributed by atoms with Gasteiger partial charge in [-0.3, -0.25) is 0 Å². The number of hydrogen-bond acceptors (Lipinski definition) is 2. The van der Waals surface area contributed by atoms with Crippen molar-refractivity contribution < 1.29 is 9.53 Å². The maximum absolute atomic E-state index is 11.5. The van der Waals surface area contributed by atoms with E-state index in [1.54, 1.807) is 0 Å². The standard InChI is InChI=1S/C12H10BrO2.2CH3.Sn/c1-2-8-7-15-12-4-3-9(13)5-10(12)11(8)6-14;;;/h3-6,11H,2H2,1H3;2*1H3;. The van der Waals surface area contributed by atoms with Crippen molar-refractivity contribution >= 4 is 42.0 Å². The van der Waals surface area contributed by atoms with Crippen LogP contribution in [-0.4, -0.2) is 26.0 Å². The van der Waals surface area contributed by atoms with E-state index in [1.807, 2.05) is 18.2 Å². The normalized spacial score (nSPS) is 18.6. The SMILES string of the molecule is CCC1=[C]([Sn]([CH3])[CH3])Oc2ccc(Br)cc2C1C=O. The Morgan fingerprint density at radius 3 is 2.72 bits per heavy atom. The fraction of sp³-hybridized carbons (Fsp3) is 0.357. The van der Waals surface area contributed by atoms with Crippen molar-refractivity contribution in [3.63, 3.8) is 0 Å². The van der Waals surface area contributed by atoms with E-state index >= 15 is 0 Å². The van der Waals surface area contributed by atoms with Gasteiger partial charge < -0.3 is 0 Å². The summed E-state index contributed by atoms with van der Waals surface area (Å²) >= 11 is 1.83. The number of carbonyl (C=O) groups is 1. The van der Waals surface area contributed by atoms with Crippen LogP contribution in [0, 0.1) is 0 Å².